The molecule has 4 aromatic rings. The lowest BCUT2D eigenvalue weighted by atomic mass is 10.1. The predicted octanol–water partition coefficient (Wildman–Crippen LogP) is 2.63. The van der Waals surface area contributed by atoms with Crippen molar-refractivity contribution in [3.63, 3.8) is 0 Å². The number of likely N-dealkylation sites (N-methyl/N-ethyl adjacent to an activating group) is 1. The van der Waals surface area contributed by atoms with E-state index in [1.54, 1.807) is 15.3 Å². The molecule has 4 heterocycles. The zero-order chi connectivity index (χ0) is 21.7. The summed E-state index contributed by atoms with van der Waals surface area (Å²) in [7, 11) is 3.85. The van der Waals surface area contributed by atoms with Crippen LogP contribution in [0.25, 0.3) is 16.6 Å². The second-order valence-electron chi connectivity index (χ2n) is 7.90. The van der Waals surface area contributed by atoms with Crippen molar-refractivity contribution in [2.24, 2.45) is 7.05 Å². The number of aryl methyl sites for hydroxylation is 2. The number of halogens is 1. The summed E-state index contributed by atoms with van der Waals surface area (Å²) in [6, 6.07) is 4.29. The Kier molecular flexibility index (Phi) is 4.79. The molecule has 31 heavy (non-hydrogen) atoms. The first-order chi connectivity index (χ1) is 14.9. The predicted molar refractivity (Wildman–Crippen MR) is 121 cm³/mol. The molecule has 0 saturated carbocycles. The number of hydrogen-bond donors (Lipinski definition) is 2. The van der Waals surface area contributed by atoms with Gasteiger partial charge >= 0.3 is 0 Å². The van der Waals surface area contributed by atoms with Crippen LogP contribution >= 0.6 is 11.6 Å². The molecular weight excluding hydrogens is 416 g/mol. The van der Waals surface area contributed by atoms with E-state index in [1.807, 2.05) is 45.5 Å². The second-order valence-corrected chi connectivity index (χ2v) is 8.26. The number of fused-ring (bicyclic) bond motifs is 2. The largest absolute Gasteiger partial charge is 0.369 e. The Bertz CT molecular complexity index is 1310. The number of aromatic nitrogens is 5. The lowest BCUT2D eigenvalue weighted by molar-refractivity contribution is 0.102. The van der Waals surface area contributed by atoms with E-state index in [1.165, 1.54) is 0 Å². The van der Waals surface area contributed by atoms with Crippen LogP contribution in [0.15, 0.2) is 30.7 Å². The van der Waals surface area contributed by atoms with Gasteiger partial charge in [0.2, 0.25) is 0 Å². The molecule has 0 radical (unpaired) electrons. The molecule has 10 heteroatoms. The Morgan fingerprint density at radius 2 is 2.06 bits per heavy atom. The molecule has 0 spiro atoms. The van der Waals surface area contributed by atoms with Crippen LogP contribution in [-0.2, 0) is 7.05 Å². The first-order valence-electron chi connectivity index (χ1n) is 10.1. The maximum absolute atomic E-state index is 13.1. The highest BCUT2D eigenvalue weighted by molar-refractivity contribution is 6.32. The molecule has 1 atom stereocenters. The van der Waals surface area contributed by atoms with E-state index in [0.29, 0.717) is 28.6 Å². The Hall–Kier alpha value is -3.17. The van der Waals surface area contributed by atoms with Gasteiger partial charge < -0.3 is 19.9 Å². The van der Waals surface area contributed by atoms with Crippen molar-refractivity contribution >= 4 is 45.6 Å². The molecule has 0 bridgehead atoms. The maximum Gasteiger partial charge on any atom is 0.259 e. The number of carbonyl (C=O) groups is 1. The molecule has 1 aliphatic heterocycles. The molecule has 9 nitrogen and oxygen atoms in total. The van der Waals surface area contributed by atoms with Gasteiger partial charge in [0.05, 0.1) is 17.5 Å². The molecule has 5 rings (SSSR count). The number of carbonyl (C=O) groups excluding carboxylic acids is 1. The molecule has 3 aromatic heterocycles. The van der Waals surface area contributed by atoms with Crippen LogP contribution in [0.2, 0.25) is 5.15 Å². The minimum Gasteiger partial charge on any atom is -0.369 e. The van der Waals surface area contributed by atoms with Crippen molar-refractivity contribution in [1.82, 2.24) is 29.5 Å². The average molecular weight is 439 g/mol. The number of nitrogens with one attached hydrogen (secondary N) is 2. The van der Waals surface area contributed by atoms with E-state index in [2.05, 4.69) is 30.6 Å². The van der Waals surface area contributed by atoms with Crippen LogP contribution in [-0.4, -0.2) is 56.2 Å². The zero-order valence-electron chi connectivity index (χ0n) is 17.6. The highest BCUT2D eigenvalue weighted by atomic mass is 35.5. The van der Waals surface area contributed by atoms with Crippen LogP contribution < -0.4 is 15.5 Å². The Balaban J connectivity index is 1.49. The number of benzene rings is 1. The number of imidazole rings is 1. The Morgan fingerprint density at radius 1 is 1.23 bits per heavy atom. The summed E-state index contributed by atoms with van der Waals surface area (Å²) < 4.78 is 3.50. The van der Waals surface area contributed by atoms with Gasteiger partial charge in [-0.3, -0.25) is 9.48 Å². The fourth-order valence-corrected chi connectivity index (χ4v) is 4.44. The highest BCUT2D eigenvalue weighted by Crippen LogP contribution is 2.31. The van der Waals surface area contributed by atoms with Crippen LogP contribution in [0, 0.1) is 6.92 Å². The molecule has 160 valence electrons. The normalized spacial score (nSPS) is 16.5. The molecule has 1 unspecified atom stereocenters. The van der Waals surface area contributed by atoms with E-state index in [-0.39, 0.29) is 11.1 Å². The number of hydrogen-bond acceptors (Lipinski definition) is 6. The number of anilines is 2. The SMILES string of the molecule is CNC1CCN(c2ccc(C(=O)Nc3cn4cc(C)nc4c(Cl)n3)c3nn(C)cc23)C1. The molecule has 1 fully saturated rings. The fraction of sp³-hybridized carbons (Fsp3) is 0.333. The molecule has 1 saturated heterocycles. The summed E-state index contributed by atoms with van der Waals surface area (Å²) in [6.45, 7) is 3.77. The van der Waals surface area contributed by atoms with Gasteiger partial charge in [0.15, 0.2) is 16.6 Å². The van der Waals surface area contributed by atoms with Gasteiger partial charge in [0.1, 0.15) is 5.52 Å². The van der Waals surface area contributed by atoms with Gasteiger partial charge in [0.25, 0.3) is 5.91 Å². The number of amides is 1. The maximum atomic E-state index is 13.1. The lowest BCUT2D eigenvalue weighted by Gasteiger charge is -2.20. The average Bonchev–Trinajstić information content (AvgIpc) is 3.44. The van der Waals surface area contributed by atoms with Gasteiger partial charge in [0, 0.05) is 49.6 Å². The molecule has 1 aromatic carbocycles. The third-order valence-electron chi connectivity index (χ3n) is 5.71. The molecule has 1 amide bonds. The van der Waals surface area contributed by atoms with Crippen molar-refractivity contribution in [3.8, 4) is 0 Å². The first-order valence-corrected chi connectivity index (χ1v) is 10.5. The smallest absolute Gasteiger partial charge is 0.259 e. The zero-order valence-corrected chi connectivity index (χ0v) is 18.3. The van der Waals surface area contributed by atoms with Crippen molar-refractivity contribution in [1.29, 1.82) is 0 Å². The van der Waals surface area contributed by atoms with Crippen LogP contribution in [0.3, 0.4) is 0 Å². The van der Waals surface area contributed by atoms with Gasteiger partial charge in [-0.25, -0.2) is 9.97 Å². The Labute approximate surface area is 184 Å². The van der Waals surface area contributed by atoms with Crippen molar-refractivity contribution in [2.45, 2.75) is 19.4 Å². The fourth-order valence-electron chi connectivity index (χ4n) is 4.21. The lowest BCUT2D eigenvalue weighted by Crippen LogP contribution is -2.29. The quantitative estimate of drug-likeness (QED) is 0.509. The van der Waals surface area contributed by atoms with E-state index >= 15 is 0 Å². The topological polar surface area (TPSA) is 92.4 Å². The monoisotopic (exact) mass is 438 g/mol. The molecular formula is C21H23ClN8O. The highest BCUT2D eigenvalue weighted by Gasteiger charge is 2.25. The van der Waals surface area contributed by atoms with Crippen LogP contribution in [0.5, 0.6) is 0 Å². The van der Waals surface area contributed by atoms with E-state index < -0.39 is 0 Å². The Morgan fingerprint density at radius 3 is 2.84 bits per heavy atom. The summed E-state index contributed by atoms with van der Waals surface area (Å²) in [4.78, 5) is 24.1. The van der Waals surface area contributed by atoms with Crippen LogP contribution in [0.1, 0.15) is 22.5 Å². The summed E-state index contributed by atoms with van der Waals surface area (Å²) >= 11 is 6.25. The molecule has 2 N–H and O–H groups in total. The van der Waals surface area contributed by atoms with E-state index in [4.69, 9.17) is 11.6 Å². The molecule has 0 aliphatic carbocycles. The van der Waals surface area contributed by atoms with Crippen molar-refractivity contribution < 1.29 is 4.79 Å². The standard InChI is InChI=1S/C21H23ClN8O/c1-12-8-30-11-17(25-19(22)20(30)24-12)26-21(31)14-4-5-16(15-10-28(3)27-18(14)15)29-7-6-13(9-29)23-2/h4-5,8,10-11,13,23H,6-7,9H2,1-3H3,(H,26,31). The minimum absolute atomic E-state index is 0.234. The van der Waals surface area contributed by atoms with E-state index in [9.17, 15) is 4.79 Å². The minimum atomic E-state index is -0.287. The van der Waals surface area contributed by atoms with Crippen molar-refractivity contribution in [2.75, 3.05) is 30.4 Å². The third-order valence-corrected chi connectivity index (χ3v) is 5.96. The summed E-state index contributed by atoms with van der Waals surface area (Å²) in [5.74, 6) is 0.0639. The first kappa shape index (κ1) is 19.8. The second kappa shape index (κ2) is 7.51. The summed E-state index contributed by atoms with van der Waals surface area (Å²) in [5.41, 5.74) is 3.62. The number of rotatable bonds is 4. The van der Waals surface area contributed by atoms with Gasteiger partial charge in [-0.15, -0.1) is 0 Å². The van der Waals surface area contributed by atoms with Gasteiger partial charge in [-0.1, -0.05) is 11.6 Å². The molecule has 1 aliphatic rings. The summed E-state index contributed by atoms with van der Waals surface area (Å²) in [5, 5.41) is 12.0. The van der Waals surface area contributed by atoms with Crippen molar-refractivity contribution in [3.05, 3.63) is 47.1 Å². The summed E-state index contributed by atoms with van der Waals surface area (Å²) in [6.07, 6.45) is 6.58. The number of nitrogens with zero attached hydrogens (tertiary/aromatic N) is 6. The van der Waals surface area contributed by atoms with Crippen LogP contribution in [0.4, 0.5) is 11.5 Å². The van der Waals surface area contributed by atoms with Gasteiger partial charge in [-0.2, -0.15) is 5.10 Å². The van der Waals surface area contributed by atoms with E-state index in [0.717, 1.165) is 36.3 Å². The van der Waals surface area contributed by atoms with Gasteiger partial charge in [-0.05, 0) is 32.5 Å². The third kappa shape index (κ3) is 3.49.